The van der Waals surface area contributed by atoms with Crippen LogP contribution in [-0.4, -0.2) is 131 Å². The summed E-state index contributed by atoms with van der Waals surface area (Å²) in [5, 5.41) is 17.9. The van der Waals surface area contributed by atoms with E-state index in [-0.39, 0.29) is 0 Å². The second-order valence-electron chi connectivity index (χ2n) is 9.17. The molecule has 1 aliphatic rings. The maximum absolute atomic E-state index is 14.3. The first-order valence-corrected chi connectivity index (χ1v) is 10.8. The second kappa shape index (κ2) is 10.9. The average molecular weight is 685 g/mol. The molecule has 0 bridgehead atoms. The van der Waals surface area contributed by atoms with Crippen molar-refractivity contribution in [2.24, 2.45) is 0 Å². The maximum Gasteiger partial charge on any atom is 0.460 e. The van der Waals surface area contributed by atoms with Crippen molar-refractivity contribution in [1.82, 2.24) is 4.90 Å². The van der Waals surface area contributed by atoms with Crippen molar-refractivity contribution in [1.29, 1.82) is 0 Å². The van der Waals surface area contributed by atoms with Crippen LogP contribution >= 0.6 is 0 Å². The van der Waals surface area contributed by atoms with E-state index in [1.165, 1.54) is 0 Å². The lowest BCUT2D eigenvalue weighted by Crippen LogP contribution is -2.76. The summed E-state index contributed by atoms with van der Waals surface area (Å²) in [6.45, 7) is -6.48. The predicted molar refractivity (Wildman–Crippen MR) is 96.7 cm³/mol. The molecule has 25 heteroatoms. The van der Waals surface area contributed by atoms with Crippen LogP contribution in [0, 0.1) is 0 Å². The van der Waals surface area contributed by atoms with Gasteiger partial charge in [-0.1, -0.05) is 0 Å². The first kappa shape index (κ1) is 38.6. The van der Waals surface area contributed by atoms with E-state index in [0.717, 1.165) is 0 Å². The topological polar surface area (TPSA) is 77.8 Å². The van der Waals surface area contributed by atoms with Crippen molar-refractivity contribution in [3.8, 4) is 0 Å². The van der Waals surface area contributed by atoms with Crippen molar-refractivity contribution in [2.45, 2.75) is 53.6 Å². The van der Waals surface area contributed by atoms with Crippen LogP contribution in [0.4, 0.5) is 83.4 Å². The lowest BCUT2D eigenvalue weighted by atomic mass is 9.87. The van der Waals surface area contributed by atoms with Crippen LogP contribution in [0.2, 0.25) is 0 Å². The molecule has 0 atom stereocenters. The number of carbonyl (C=O) groups excluding carboxylic acids is 1. The van der Waals surface area contributed by atoms with Crippen LogP contribution in [0.1, 0.15) is 0 Å². The van der Waals surface area contributed by atoms with Crippen molar-refractivity contribution in [2.75, 3.05) is 45.9 Å². The number of aliphatic hydroxyl groups is 1. The zero-order valence-corrected chi connectivity index (χ0v) is 20.2. The molecule has 0 aromatic carbocycles. The van der Waals surface area contributed by atoms with Crippen molar-refractivity contribution in [3.05, 3.63) is 0 Å². The minimum absolute atomic E-state index is 0.494. The highest BCUT2D eigenvalue weighted by atomic mass is 19.4. The van der Waals surface area contributed by atoms with Gasteiger partial charge in [0.1, 0.15) is 6.54 Å². The normalized spacial score (nSPS) is 18.6. The number of aliphatic hydroxyl groups excluding tert-OH is 1. The fraction of sp³-hybridized carbons (Fsp3) is 0.889. The van der Waals surface area contributed by atoms with Crippen molar-refractivity contribution < 1.29 is 108 Å². The van der Waals surface area contributed by atoms with Gasteiger partial charge in [-0.15, -0.1) is 0 Å². The van der Waals surface area contributed by atoms with Crippen molar-refractivity contribution in [3.63, 3.8) is 0 Å². The molecule has 1 rings (SSSR count). The molecule has 0 unspecified atom stereocenters. The summed E-state index contributed by atoms with van der Waals surface area (Å²) in [6, 6.07) is 0. The van der Waals surface area contributed by atoms with Gasteiger partial charge < -0.3 is 19.6 Å². The van der Waals surface area contributed by atoms with Crippen LogP contribution < -0.4 is 0 Å². The first-order valence-electron chi connectivity index (χ1n) is 10.8. The highest BCUT2D eigenvalue weighted by Crippen LogP contribution is 2.65. The number of alkyl halides is 19. The number of nitrogens with zero attached hydrogens (tertiary/aromatic N) is 2. The lowest BCUT2D eigenvalue weighted by molar-refractivity contribution is -0.925. The molecule has 2 N–H and O–H groups in total. The molecule has 0 aromatic rings. The molecule has 6 nitrogen and oxygen atoms in total. The Morgan fingerprint density at radius 1 is 0.581 bits per heavy atom. The van der Waals surface area contributed by atoms with E-state index in [9.17, 15) is 93.0 Å². The smallest absolute Gasteiger partial charge is 0.460 e. The van der Waals surface area contributed by atoms with Gasteiger partial charge in [-0.05, 0) is 0 Å². The molecule has 1 saturated heterocycles. The van der Waals surface area contributed by atoms with Crippen LogP contribution in [0.25, 0.3) is 0 Å². The van der Waals surface area contributed by atoms with Gasteiger partial charge in [-0.3, -0.25) is 4.79 Å². The highest BCUT2D eigenvalue weighted by Gasteiger charge is 2.97. The summed E-state index contributed by atoms with van der Waals surface area (Å²) in [5.41, 5.74) is 0. The molecule has 0 saturated carbocycles. The third kappa shape index (κ3) is 5.51. The van der Waals surface area contributed by atoms with E-state index >= 15 is 0 Å². The number of halogens is 19. The zero-order valence-electron chi connectivity index (χ0n) is 20.2. The summed E-state index contributed by atoms with van der Waals surface area (Å²) in [6.07, 6.45) is -7.98. The molecule has 0 spiro atoms. The molecule has 1 amide bonds. The van der Waals surface area contributed by atoms with Gasteiger partial charge in [0.25, 0.3) is 5.91 Å². The standard InChI is InChI=1S/C18H15F19N2O4/c19-10(20,9(43)38-1-3-39(4-2-38,5-6-40)7-8(41)42)11(21,22)12(23,24)13(25,26)14(27,28)15(29,30)16(31,32)17(33,34)18(35,36)37/h40H,1-7H2/p+1. The number of quaternary nitrogens is 1. The van der Waals surface area contributed by atoms with E-state index < -0.39 is 121 Å². The molecule has 1 aliphatic heterocycles. The predicted octanol–water partition coefficient (Wildman–Crippen LogP) is 4.37. The number of carboxylic acid groups (broad SMARTS) is 1. The maximum atomic E-state index is 14.3. The van der Waals surface area contributed by atoms with E-state index in [1.54, 1.807) is 0 Å². The number of aliphatic carboxylic acids is 1. The van der Waals surface area contributed by atoms with Crippen molar-refractivity contribution >= 4 is 11.9 Å². The minimum Gasteiger partial charge on any atom is -0.477 e. The van der Waals surface area contributed by atoms with E-state index in [4.69, 9.17) is 10.2 Å². The largest absolute Gasteiger partial charge is 0.477 e. The number of carboxylic acids is 1. The van der Waals surface area contributed by atoms with Crippen LogP contribution in [0.15, 0.2) is 0 Å². The fourth-order valence-corrected chi connectivity index (χ4v) is 3.75. The van der Waals surface area contributed by atoms with Gasteiger partial charge in [-0.25, -0.2) is 4.79 Å². The monoisotopic (exact) mass is 685 g/mol. The van der Waals surface area contributed by atoms with Gasteiger partial charge >= 0.3 is 59.5 Å². The number of piperazine rings is 1. The summed E-state index contributed by atoms with van der Waals surface area (Å²) in [5.74, 6) is -74.0. The van der Waals surface area contributed by atoms with Crippen LogP contribution in [0.5, 0.6) is 0 Å². The molecule has 43 heavy (non-hydrogen) atoms. The van der Waals surface area contributed by atoms with E-state index in [1.807, 2.05) is 0 Å². The highest BCUT2D eigenvalue weighted by molar-refractivity contribution is 5.85. The van der Waals surface area contributed by atoms with E-state index in [0.29, 0.717) is 0 Å². The minimum atomic E-state index is -9.09. The van der Waals surface area contributed by atoms with Gasteiger partial charge in [0.15, 0.2) is 6.54 Å². The summed E-state index contributed by atoms with van der Waals surface area (Å²) in [7, 11) is 0. The average Bonchev–Trinajstić information content (AvgIpc) is 2.82. The van der Waals surface area contributed by atoms with Gasteiger partial charge in [-0.2, -0.15) is 83.4 Å². The zero-order chi connectivity index (χ0) is 34.7. The van der Waals surface area contributed by atoms with Gasteiger partial charge in [0.05, 0.1) is 32.8 Å². The number of carbonyl (C=O) groups is 2. The lowest BCUT2D eigenvalue weighted by Gasteiger charge is -2.45. The molecule has 1 fully saturated rings. The summed E-state index contributed by atoms with van der Waals surface area (Å²) in [4.78, 5) is 22.4. The summed E-state index contributed by atoms with van der Waals surface area (Å²) >= 11 is 0. The van der Waals surface area contributed by atoms with Crippen LogP contribution in [-0.2, 0) is 9.59 Å². The van der Waals surface area contributed by atoms with E-state index in [2.05, 4.69) is 0 Å². The molecule has 0 radical (unpaired) electrons. The second-order valence-corrected chi connectivity index (χ2v) is 9.17. The number of amides is 1. The first-order chi connectivity index (χ1) is 18.7. The molecule has 254 valence electrons. The number of hydrogen-bond acceptors (Lipinski definition) is 3. The molecular weight excluding hydrogens is 669 g/mol. The number of hydrogen-bond donors (Lipinski definition) is 2. The van der Waals surface area contributed by atoms with Gasteiger partial charge in [0.2, 0.25) is 0 Å². The Hall–Kier alpha value is -2.47. The van der Waals surface area contributed by atoms with Crippen LogP contribution in [0.3, 0.4) is 0 Å². The van der Waals surface area contributed by atoms with Gasteiger partial charge in [0, 0.05) is 0 Å². The Kier molecular flexibility index (Phi) is 9.73. The molecule has 0 aromatic heterocycles. The Bertz CT molecular complexity index is 1050. The SMILES string of the molecule is O=C(O)C[N+]1(CCO)CCN(C(=O)C(F)(F)C(F)(F)C(F)(F)C(F)(F)C(F)(F)C(F)(F)C(F)(F)C(F)(F)C(F)(F)F)CC1. The molecule has 0 aliphatic carbocycles. The Balaban J connectivity index is 3.54. The Labute approximate surface area is 225 Å². The molecule has 1 heterocycles. The number of rotatable bonds is 12. The third-order valence-corrected chi connectivity index (χ3v) is 6.41. The quantitative estimate of drug-likeness (QED) is 0.237. The Morgan fingerprint density at radius 3 is 1.21 bits per heavy atom. The fourth-order valence-electron chi connectivity index (χ4n) is 3.75. The Morgan fingerprint density at radius 2 is 0.907 bits per heavy atom. The third-order valence-electron chi connectivity index (χ3n) is 6.41. The molecular formula is C18H16F19N2O4+. The summed E-state index contributed by atoms with van der Waals surface area (Å²) < 4.78 is 255.